The molecule has 5 nitrogen and oxygen atoms in total. The second kappa shape index (κ2) is 5.46. The smallest absolute Gasteiger partial charge is 0.326 e. The van der Waals surface area contributed by atoms with Gasteiger partial charge in [-0.25, -0.2) is 0 Å². The van der Waals surface area contributed by atoms with Gasteiger partial charge in [0.2, 0.25) is 0 Å². The average Bonchev–Trinajstić information content (AvgIpc) is 2.43. The molecule has 0 aliphatic heterocycles. The molecule has 2 rings (SSSR count). The molecule has 5 heteroatoms. The van der Waals surface area contributed by atoms with Crippen LogP contribution in [0.25, 0.3) is 10.9 Å². The molecule has 0 amide bonds. The molecule has 0 fully saturated rings. The molecule has 0 aliphatic rings. The van der Waals surface area contributed by atoms with Gasteiger partial charge in [-0.2, -0.15) is 0 Å². The first-order valence-electron chi connectivity index (χ1n) is 5.52. The van der Waals surface area contributed by atoms with E-state index in [1.165, 1.54) is 7.11 Å². The number of pyridine rings is 1. The highest BCUT2D eigenvalue weighted by atomic mass is 16.5. The van der Waals surface area contributed by atoms with Crippen LogP contribution in [0.5, 0.6) is 5.75 Å². The van der Waals surface area contributed by atoms with Gasteiger partial charge < -0.3 is 15.2 Å². The summed E-state index contributed by atoms with van der Waals surface area (Å²) in [4.78, 5) is 15.4. The molecule has 2 N–H and O–H groups in total. The van der Waals surface area contributed by atoms with Gasteiger partial charge in [-0.3, -0.25) is 9.78 Å². The number of hydrogen-bond donors (Lipinski definition) is 1. The lowest BCUT2D eigenvalue weighted by Gasteiger charge is -2.12. The number of esters is 1. The predicted molar refractivity (Wildman–Crippen MR) is 67.2 cm³/mol. The Labute approximate surface area is 105 Å². The second-order valence-electron chi connectivity index (χ2n) is 3.77. The van der Waals surface area contributed by atoms with Gasteiger partial charge in [0, 0.05) is 11.6 Å². The van der Waals surface area contributed by atoms with E-state index in [9.17, 15) is 4.79 Å². The van der Waals surface area contributed by atoms with Gasteiger partial charge in [0.1, 0.15) is 23.9 Å². The van der Waals surface area contributed by atoms with E-state index >= 15 is 0 Å². The van der Waals surface area contributed by atoms with E-state index in [0.717, 1.165) is 10.9 Å². The number of methoxy groups -OCH3 is 1. The number of aromatic nitrogens is 1. The Morgan fingerprint density at radius 1 is 1.39 bits per heavy atom. The van der Waals surface area contributed by atoms with Gasteiger partial charge in [-0.15, -0.1) is 0 Å². The summed E-state index contributed by atoms with van der Waals surface area (Å²) in [5.41, 5.74) is 6.35. The van der Waals surface area contributed by atoms with Gasteiger partial charge in [0.05, 0.1) is 7.11 Å². The van der Waals surface area contributed by atoms with Crippen LogP contribution >= 0.6 is 0 Å². The maximum absolute atomic E-state index is 11.2. The van der Waals surface area contributed by atoms with E-state index in [1.54, 1.807) is 12.3 Å². The molecule has 2 aromatic rings. The number of benzene rings is 1. The largest absolute Gasteiger partial charge is 0.489 e. The summed E-state index contributed by atoms with van der Waals surface area (Å²) in [7, 11) is 1.29. The zero-order valence-electron chi connectivity index (χ0n) is 10.00. The number of rotatable bonds is 4. The summed E-state index contributed by atoms with van der Waals surface area (Å²) in [6.45, 7) is 0.0579. The van der Waals surface area contributed by atoms with E-state index in [-0.39, 0.29) is 6.61 Å². The first-order valence-corrected chi connectivity index (χ1v) is 5.52. The Balaban J connectivity index is 2.15. The van der Waals surface area contributed by atoms with Gasteiger partial charge in [0.25, 0.3) is 0 Å². The van der Waals surface area contributed by atoms with Crippen molar-refractivity contribution in [3.63, 3.8) is 0 Å². The summed E-state index contributed by atoms with van der Waals surface area (Å²) in [6, 6.07) is 8.59. The summed E-state index contributed by atoms with van der Waals surface area (Å²) < 4.78 is 10.0. The standard InChI is InChI=1S/C13H14N2O3/c1-17-13(16)10(14)8-18-11-6-2-4-9-5-3-7-15-12(9)11/h2-7,10H,8,14H2,1H3. The number of carbonyl (C=O) groups excluding carboxylic acids is 1. The molecular formula is C13H14N2O3. The number of fused-ring (bicyclic) bond motifs is 1. The molecule has 0 saturated heterocycles. The fraction of sp³-hybridized carbons (Fsp3) is 0.231. The van der Waals surface area contributed by atoms with Crippen LogP contribution in [0.2, 0.25) is 0 Å². The van der Waals surface area contributed by atoms with Crippen molar-refractivity contribution < 1.29 is 14.3 Å². The molecule has 1 aromatic heterocycles. The van der Waals surface area contributed by atoms with E-state index in [4.69, 9.17) is 10.5 Å². The van der Waals surface area contributed by atoms with Crippen LogP contribution in [0.4, 0.5) is 0 Å². The fourth-order valence-corrected chi connectivity index (χ4v) is 1.59. The van der Waals surface area contributed by atoms with Crippen LogP contribution in [-0.4, -0.2) is 30.7 Å². The Hall–Kier alpha value is -2.14. The fourth-order valence-electron chi connectivity index (χ4n) is 1.59. The minimum atomic E-state index is -0.797. The summed E-state index contributed by atoms with van der Waals surface area (Å²) in [5, 5.41) is 0.974. The van der Waals surface area contributed by atoms with Crippen molar-refractivity contribution in [2.75, 3.05) is 13.7 Å². The maximum Gasteiger partial charge on any atom is 0.326 e. The van der Waals surface area contributed by atoms with Gasteiger partial charge in [-0.1, -0.05) is 18.2 Å². The van der Waals surface area contributed by atoms with Gasteiger partial charge in [-0.05, 0) is 12.1 Å². The van der Waals surface area contributed by atoms with E-state index in [0.29, 0.717) is 5.75 Å². The minimum Gasteiger partial charge on any atom is -0.489 e. The zero-order valence-corrected chi connectivity index (χ0v) is 10.00. The maximum atomic E-state index is 11.2. The van der Waals surface area contributed by atoms with E-state index < -0.39 is 12.0 Å². The molecule has 0 spiro atoms. The van der Waals surface area contributed by atoms with Crippen molar-refractivity contribution >= 4 is 16.9 Å². The molecule has 1 heterocycles. The van der Waals surface area contributed by atoms with E-state index in [1.807, 2.05) is 24.3 Å². The van der Waals surface area contributed by atoms with Crippen LogP contribution in [-0.2, 0) is 9.53 Å². The molecule has 0 saturated carbocycles. The van der Waals surface area contributed by atoms with Gasteiger partial charge in [0.15, 0.2) is 0 Å². The van der Waals surface area contributed by atoms with Crippen LogP contribution in [0.15, 0.2) is 36.5 Å². The van der Waals surface area contributed by atoms with Crippen molar-refractivity contribution in [2.24, 2.45) is 5.73 Å². The third kappa shape index (κ3) is 2.57. The Morgan fingerprint density at radius 3 is 2.94 bits per heavy atom. The SMILES string of the molecule is COC(=O)C(N)COc1cccc2cccnc12. The van der Waals surface area contributed by atoms with Gasteiger partial charge >= 0.3 is 5.97 Å². The number of ether oxygens (including phenoxy) is 2. The molecule has 0 radical (unpaired) electrons. The number of carbonyl (C=O) groups is 1. The number of hydrogen-bond acceptors (Lipinski definition) is 5. The second-order valence-corrected chi connectivity index (χ2v) is 3.77. The highest BCUT2D eigenvalue weighted by molar-refractivity contribution is 5.84. The Bertz CT molecular complexity index is 551. The molecule has 1 aromatic carbocycles. The lowest BCUT2D eigenvalue weighted by Crippen LogP contribution is -2.37. The van der Waals surface area contributed by atoms with Crippen molar-refractivity contribution in [3.8, 4) is 5.75 Å². The van der Waals surface area contributed by atoms with Crippen molar-refractivity contribution in [3.05, 3.63) is 36.5 Å². The predicted octanol–water partition coefficient (Wildman–Crippen LogP) is 1.11. The summed E-state index contributed by atoms with van der Waals surface area (Å²) in [6.07, 6.45) is 1.69. The van der Waals surface area contributed by atoms with Crippen molar-refractivity contribution in [1.82, 2.24) is 4.98 Å². The number of para-hydroxylation sites is 1. The van der Waals surface area contributed by atoms with Crippen LogP contribution < -0.4 is 10.5 Å². The normalized spacial score (nSPS) is 12.1. The molecular weight excluding hydrogens is 232 g/mol. The number of nitrogens with two attached hydrogens (primary N) is 1. The molecule has 1 unspecified atom stereocenters. The minimum absolute atomic E-state index is 0.0579. The quantitative estimate of drug-likeness (QED) is 0.818. The van der Waals surface area contributed by atoms with Crippen molar-refractivity contribution in [2.45, 2.75) is 6.04 Å². The molecule has 1 atom stereocenters. The Kier molecular flexibility index (Phi) is 3.74. The first kappa shape index (κ1) is 12.3. The van der Waals surface area contributed by atoms with Crippen LogP contribution in [0.3, 0.4) is 0 Å². The van der Waals surface area contributed by atoms with Crippen LogP contribution in [0.1, 0.15) is 0 Å². The average molecular weight is 246 g/mol. The van der Waals surface area contributed by atoms with Crippen LogP contribution in [0, 0.1) is 0 Å². The molecule has 18 heavy (non-hydrogen) atoms. The lowest BCUT2D eigenvalue weighted by atomic mass is 10.2. The highest BCUT2D eigenvalue weighted by Gasteiger charge is 2.15. The lowest BCUT2D eigenvalue weighted by molar-refractivity contribution is -0.142. The third-order valence-corrected chi connectivity index (χ3v) is 2.52. The van der Waals surface area contributed by atoms with E-state index in [2.05, 4.69) is 9.72 Å². The summed E-state index contributed by atoms with van der Waals surface area (Å²) in [5.74, 6) is 0.107. The highest BCUT2D eigenvalue weighted by Crippen LogP contribution is 2.22. The number of nitrogens with zero attached hydrogens (tertiary/aromatic N) is 1. The molecule has 0 aliphatic carbocycles. The topological polar surface area (TPSA) is 74.4 Å². The molecule has 0 bridgehead atoms. The first-order chi connectivity index (χ1) is 8.72. The monoisotopic (exact) mass is 246 g/mol. The summed E-state index contributed by atoms with van der Waals surface area (Å²) >= 11 is 0. The molecule has 94 valence electrons. The Morgan fingerprint density at radius 2 is 2.17 bits per heavy atom. The zero-order chi connectivity index (χ0) is 13.0. The van der Waals surface area contributed by atoms with Crippen molar-refractivity contribution in [1.29, 1.82) is 0 Å². The third-order valence-electron chi connectivity index (χ3n) is 2.52.